The Labute approximate surface area is 129 Å². The van der Waals surface area contributed by atoms with Gasteiger partial charge in [0.25, 0.3) is 0 Å². The molecular weight excluding hydrogens is 288 g/mol. The summed E-state index contributed by atoms with van der Waals surface area (Å²) in [5.41, 5.74) is 0. The zero-order chi connectivity index (χ0) is 16.5. The first kappa shape index (κ1) is 19.1. The van der Waals surface area contributed by atoms with Gasteiger partial charge < -0.3 is 24.1 Å². The maximum atomic E-state index is 9.83. The van der Waals surface area contributed by atoms with Crippen LogP contribution in [0.4, 0.5) is 0 Å². The van der Waals surface area contributed by atoms with E-state index in [1.165, 1.54) is 0 Å². The van der Waals surface area contributed by atoms with Crippen molar-refractivity contribution < 1.29 is 24.1 Å². The molecule has 0 radical (unpaired) electrons. The summed E-state index contributed by atoms with van der Waals surface area (Å²) >= 11 is 0. The summed E-state index contributed by atoms with van der Waals surface area (Å²) in [6.45, 7) is 14.8. The lowest BCUT2D eigenvalue weighted by atomic mass is 10.0. The largest absolute Gasteiger partial charge is 0.414 e. The maximum absolute atomic E-state index is 9.83. The molecule has 21 heavy (non-hydrogen) atoms. The Kier molecular flexibility index (Phi) is 6.03. The van der Waals surface area contributed by atoms with E-state index in [-0.39, 0.29) is 17.7 Å². The third kappa shape index (κ3) is 5.30. The van der Waals surface area contributed by atoms with E-state index >= 15 is 0 Å². The van der Waals surface area contributed by atoms with Crippen LogP contribution in [0, 0.1) is 0 Å². The highest BCUT2D eigenvalue weighted by Crippen LogP contribution is 2.37. The minimum Gasteiger partial charge on any atom is -0.414 e. The molecule has 6 heteroatoms. The fourth-order valence-corrected chi connectivity index (χ4v) is 3.16. The lowest BCUT2D eigenvalue weighted by Crippen LogP contribution is -2.52. The summed E-state index contributed by atoms with van der Waals surface area (Å²) in [7, 11) is -1.83. The van der Waals surface area contributed by atoms with Gasteiger partial charge in [0.2, 0.25) is 0 Å². The van der Waals surface area contributed by atoms with Gasteiger partial charge in [-0.15, -0.1) is 0 Å². The molecule has 0 spiro atoms. The number of hydrogen-bond donors (Lipinski definition) is 2. The summed E-state index contributed by atoms with van der Waals surface area (Å²) in [6.07, 6.45) is -0.913. The van der Waals surface area contributed by atoms with Crippen LogP contribution in [0.25, 0.3) is 0 Å². The zero-order valence-electron chi connectivity index (χ0n) is 14.5. The molecule has 0 aromatic carbocycles. The maximum Gasteiger partial charge on any atom is 0.192 e. The van der Waals surface area contributed by atoms with Crippen molar-refractivity contribution >= 4 is 8.32 Å². The molecule has 1 aliphatic rings. The number of hydrogen-bond acceptors (Lipinski definition) is 5. The first-order valence-electron chi connectivity index (χ1n) is 7.66. The molecule has 0 amide bonds. The zero-order valence-corrected chi connectivity index (χ0v) is 15.5. The Hall–Kier alpha value is 0.0169. The van der Waals surface area contributed by atoms with Crippen molar-refractivity contribution in [3.8, 4) is 0 Å². The third-order valence-corrected chi connectivity index (χ3v) is 8.93. The summed E-state index contributed by atoms with van der Waals surface area (Å²) in [5, 5.41) is 19.1. The quantitative estimate of drug-likeness (QED) is 0.761. The van der Waals surface area contributed by atoms with Crippen LogP contribution in [0.2, 0.25) is 18.1 Å². The second-order valence-corrected chi connectivity index (χ2v) is 12.7. The summed E-state index contributed by atoms with van der Waals surface area (Å²) in [4.78, 5) is 0. The van der Waals surface area contributed by atoms with Crippen molar-refractivity contribution in [1.29, 1.82) is 0 Å². The van der Waals surface area contributed by atoms with Crippen LogP contribution >= 0.6 is 0 Å². The van der Waals surface area contributed by atoms with Crippen molar-refractivity contribution in [2.75, 3.05) is 13.2 Å². The lowest BCUT2D eigenvalue weighted by molar-refractivity contribution is -0.317. The first-order valence-corrected chi connectivity index (χ1v) is 10.6. The minimum atomic E-state index is -1.83. The van der Waals surface area contributed by atoms with Crippen LogP contribution in [-0.4, -0.2) is 55.8 Å². The topological polar surface area (TPSA) is 68.2 Å². The van der Waals surface area contributed by atoms with Crippen LogP contribution < -0.4 is 0 Å². The van der Waals surface area contributed by atoms with Gasteiger partial charge in [-0.25, -0.2) is 0 Å². The highest BCUT2D eigenvalue weighted by atomic mass is 28.4. The van der Waals surface area contributed by atoms with Crippen LogP contribution in [0.15, 0.2) is 0 Å². The second-order valence-electron chi connectivity index (χ2n) is 7.85. The first-order chi connectivity index (χ1) is 9.38. The molecule has 0 aliphatic carbocycles. The van der Waals surface area contributed by atoms with Gasteiger partial charge in [-0.1, -0.05) is 20.8 Å². The molecule has 0 aromatic rings. The van der Waals surface area contributed by atoms with Gasteiger partial charge in [-0.05, 0) is 32.0 Å². The van der Waals surface area contributed by atoms with E-state index in [1.807, 2.05) is 13.8 Å². The fourth-order valence-electron chi connectivity index (χ4n) is 2.12. The number of rotatable bonds is 5. The molecule has 2 N–H and O–H groups in total. The normalized spacial score (nSPS) is 28.4. The van der Waals surface area contributed by atoms with Gasteiger partial charge in [-0.2, -0.15) is 0 Å². The Morgan fingerprint density at radius 2 is 1.86 bits per heavy atom. The van der Waals surface area contributed by atoms with Crippen LogP contribution in [0.5, 0.6) is 0 Å². The third-order valence-electron chi connectivity index (χ3n) is 4.43. The van der Waals surface area contributed by atoms with Gasteiger partial charge in [0.05, 0.1) is 25.4 Å². The molecule has 1 saturated heterocycles. The Morgan fingerprint density at radius 1 is 1.29 bits per heavy atom. The lowest BCUT2D eigenvalue weighted by Gasteiger charge is -2.44. The van der Waals surface area contributed by atoms with Crippen molar-refractivity contribution in [1.82, 2.24) is 0 Å². The van der Waals surface area contributed by atoms with Gasteiger partial charge >= 0.3 is 0 Å². The molecule has 3 atom stereocenters. The molecular formula is C15H32O5Si. The second kappa shape index (κ2) is 6.64. The van der Waals surface area contributed by atoms with E-state index in [9.17, 15) is 5.11 Å². The van der Waals surface area contributed by atoms with Crippen molar-refractivity contribution in [2.45, 2.75) is 83.3 Å². The molecule has 0 saturated carbocycles. The van der Waals surface area contributed by atoms with E-state index in [0.29, 0.717) is 13.0 Å². The SMILES string of the molecule is CC1(C)O[C@H](CO[Si](C)(C)C(C)(C)C)C[C@H]([C@@H](O)CO)O1. The summed E-state index contributed by atoms with van der Waals surface area (Å²) in [6, 6.07) is 0. The smallest absolute Gasteiger partial charge is 0.192 e. The van der Waals surface area contributed by atoms with E-state index < -0.39 is 26.3 Å². The monoisotopic (exact) mass is 320 g/mol. The molecule has 0 bridgehead atoms. The fraction of sp³-hybridized carbons (Fsp3) is 1.00. The highest BCUT2D eigenvalue weighted by molar-refractivity contribution is 6.74. The Morgan fingerprint density at radius 3 is 2.33 bits per heavy atom. The Balaban J connectivity index is 2.66. The van der Waals surface area contributed by atoms with Gasteiger partial charge in [0.15, 0.2) is 14.1 Å². The van der Waals surface area contributed by atoms with Gasteiger partial charge in [0, 0.05) is 6.42 Å². The number of aliphatic hydroxyl groups excluding tert-OH is 2. The van der Waals surface area contributed by atoms with Crippen molar-refractivity contribution in [3.05, 3.63) is 0 Å². The summed E-state index contributed by atoms with van der Waals surface area (Å²) in [5.74, 6) is -0.777. The molecule has 1 fully saturated rings. The van der Waals surface area contributed by atoms with E-state index in [2.05, 4.69) is 33.9 Å². The highest BCUT2D eigenvalue weighted by Gasteiger charge is 2.41. The Bertz CT molecular complexity index is 337. The molecule has 5 nitrogen and oxygen atoms in total. The molecule has 126 valence electrons. The predicted octanol–water partition coefficient (Wildman–Crippen LogP) is 2.27. The molecule has 0 aromatic heterocycles. The number of ether oxygens (including phenoxy) is 2. The summed E-state index contributed by atoms with van der Waals surface area (Å²) < 4.78 is 17.8. The number of aliphatic hydroxyl groups is 2. The minimum absolute atomic E-state index is 0.130. The van der Waals surface area contributed by atoms with Crippen LogP contribution in [-0.2, 0) is 13.9 Å². The van der Waals surface area contributed by atoms with E-state index in [1.54, 1.807) is 0 Å². The molecule has 1 heterocycles. The molecule has 0 unspecified atom stereocenters. The van der Waals surface area contributed by atoms with Gasteiger partial charge in [-0.3, -0.25) is 0 Å². The molecule has 1 aliphatic heterocycles. The van der Waals surface area contributed by atoms with E-state index in [4.69, 9.17) is 19.0 Å². The predicted molar refractivity (Wildman–Crippen MR) is 84.7 cm³/mol. The molecule has 1 rings (SSSR count). The van der Waals surface area contributed by atoms with Crippen LogP contribution in [0.1, 0.15) is 41.0 Å². The van der Waals surface area contributed by atoms with Gasteiger partial charge in [0.1, 0.15) is 6.10 Å². The average molecular weight is 321 g/mol. The average Bonchev–Trinajstić information content (AvgIpc) is 2.32. The standard InChI is InChI=1S/C15H32O5Si/c1-14(2,3)21(6,7)18-10-11-8-13(12(17)9-16)20-15(4,5)19-11/h11-13,16-17H,8-10H2,1-7H3/t11-,12-,13+/m0/s1. The van der Waals surface area contributed by atoms with Crippen molar-refractivity contribution in [2.24, 2.45) is 0 Å². The van der Waals surface area contributed by atoms with Crippen LogP contribution in [0.3, 0.4) is 0 Å². The van der Waals surface area contributed by atoms with E-state index in [0.717, 1.165) is 0 Å². The van der Waals surface area contributed by atoms with Crippen molar-refractivity contribution in [3.63, 3.8) is 0 Å².